The van der Waals surface area contributed by atoms with Gasteiger partial charge in [-0.05, 0) is 42.7 Å². The maximum absolute atomic E-state index is 13.2. The van der Waals surface area contributed by atoms with Gasteiger partial charge in [0, 0.05) is 31.0 Å². The summed E-state index contributed by atoms with van der Waals surface area (Å²) in [4.78, 5) is 19.3. The lowest BCUT2D eigenvalue weighted by molar-refractivity contribution is 0.0716. The molecule has 0 N–H and O–H groups in total. The van der Waals surface area contributed by atoms with Crippen LogP contribution in [-0.4, -0.2) is 26.9 Å². The van der Waals surface area contributed by atoms with E-state index < -0.39 is 0 Å². The van der Waals surface area contributed by atoms with Gasteiger partial charge in [-0.25, -0.2) is 9.37 Å². The van der Waals surface area contributed by atoms with Crippen molar-refractivity contribution in [1.82, 2.24) is 14.5 Å². The number of amides is 1. The first kappa shape index (κ1) is 19.8. The van der Waals surface area contributed by atoms with Crippen molar-refractivity contribution in [2.24, 2.45) is 5.92 Å². The van der Waals surface area contributed by atoms with Crippen LogP contribution in [0.4, 0.5) is 4.39 Å². The van der Waals surface area contributed by atoms with Crippen molar-refractivity contribution in [2.45, 2.75) is 33.9 Å². The summed E-state index contributed by atoms with van der Waals surface area (Å²) in [6, 6.07) is 14.1. The van der Waals surface area contributed by atoms with Gasteiger partial charge in [-0.1, -0.05) is 43.7 Å². The first-order valence-corrected chi connectivity index (χ1v) is 9.53. The summed E-state index contributed by atoms with van der Waals surface area (Å²) in [5.74, 6) is 0.682. The van der Waals surface area contributed by atoms with Crippen LogP contribution in [0.1, 0.15) is 41.2 Å². The van der Waals surface area contributed by atoms with Gasteiger partial charge >= 0.3 is 0 Å². The predicted molar refractivity (Wildman–Crippen MR) is 108 cm³/mol. The first-order valence-electron chi connectivity index (χ1n) is 9.53. The lowest BCUT2D eigenvalue weighted by Gasteiger charge is -2.25. The van der Waals surface area contributed by atoms with Gasteiger partial charge < -0.3 is 9.47 Å². The van der Waals surface area contributed by atoms with Gasteiger partial charge in [0.05, 0.1) is 6.54 Å². The fourth-order valence-electron chi connectivity index (χ4n) is 3.25. The summed E-state index contributed by atoms with van der Waals surface area (Å²) in [6.07, 6.45) is 3.70. The molecule has 3 aromatic rings. The summed E-state index contributed by atoms with van der Waals surface area (Å²) in [6.45, 7) is 7.94. The third-order valence-corrected chi connectivity index (χ3v) is 4.53. The maximum Gasteiger partial charge on any atom is 0.254 e. The molecule has 0 fully saturated rings. The lowest BCUT2D eigenvalue weighted by atomic mass is 10.1. The second-order valence-electron chi connectivity index (χ2n) is 7.55. The van der Waals surface area contributed by atoms with E-state index in [4.69, 9.17) is 0 Å². The van der Waals surface area contributed by atoms with Crippen molar-refractivity contribution in [1.29, 1.82) is 0 Å². The van der Waals surface area contributed by atoms with Crippen molar-refractivity contribution in [3.05, 3.63) is 89.3 Å². The van der Waals surface area contributed by atoms with Crippen LogP contribution in [-0.2, 0) is 13.1 Å². The number of halogens is 1. The Bertz CT molecular complexity index is 931. The molecule has 5 heteroatoms. The molecule has 0 unspecified atom stereocenters. The molecule has 0 bridgehead atoms. The molecule has 1 heterocycles. The molecule has 0 atom stereocenters. The van der Waals surface area contributed by atoms with Gasteiger partial charge in [0.15, 0.2) is 0 Å². The zero-order valence-electron chi connectivity index (χ0n) is 16.6. The SMILES string of the molecule is Cc1cccc(Cn2ccnc2CN(CC(C)C)C(=O)c2ccc(F)cc2)c1. The fraction of sp³-hybridized carbons (Fsp3) is 0.304. The van der Waals surface area contributed by atoms with Crippen molar-refractivity contribution < 1.29 is 9.18 Å². The van der Waals surface area contributed by atoms with Crippen LogP contribution in [0, 0.1) is 18.7 Å². The Balaban J connectivity index is 1.81. The van der Waals surface area contributed by atoms with E-state index in [1.165, 1.54) is 35.4 Å². The highest BCUT2D eigenvalue weighted by atomic mass is 19.1. The molecule has 4 nitrogen and oxygen atoms in total. The Labute approximate surface area is 165 Å². The molecule has 0 radical (unpaired) electrons. The van der Waals surface area contributed by atoms with Gasteiger partial charge in [-0.3, -0.25) is 4.79 Å². The molecule has 3 rings (SSSR count). The van der Waals surface area contributed by atoms with E-state index in [1.54, 1.807) is 11.1 Å². The normalized spacial score (nSPS) is 11.0. The summed E-state index contributed by atoms with van der Waals surface area (Å²) < 4.78 is 15.3. The number of hydrogen-bond acceptors (Lipinski definition) is 2. The highest BCUT2D eigenvalue weighted by molar-refractivity contribution is 5.94. The van der Waals surface area contributed by atoms with Crippen LogP contribution < -0.4 is 0 Å². The number of aromatic nitrogens is 2. The topological polar surface area (TPSA) is 38.1 Å². The fourth-order valence-corrected chi connectivity index (χ4v) is 3.25. The molecule has 1 aromatic heterocycles. The summed E-state index contributed by atoms with van der Waals surface area (Å²) >= 11 is 0. The zero-order chi connectivity index (χ0) is 20.1. The van der Waals surface area contributed by atoms with Crippen LogP contribution in [0.5, 0.6) is 0 Å². The third-order valence-electron chi connectivity index (χ3n) is 4.53. The summed E-state index contributed by atoms with van der Waals surface area (Å²) in [5.41, 5.74) is 2.89. The number of rotatable bonds is 7. The van der Waals surface area contributed by atoms with Gasteiger partial charge in [-0.2, -0.15) is 0 Å². The molecule has 0 aliphatic carbocycles. The zero-order valence-corrected chi connectivity index (χ0v) is 16.6. The quantitative estimate of drug-likeness (QED) is 0.598. The summed E-state index contributed by atoms with van der Waals surface area (Å²) in [7, 11) is 0. The number of benzene rings is 2. The molecule has 28 heavy (non-hydrogen) atoms. The molecule has 2 aromatic carbocycles. The van der Waals surface area contributed by atoms with Crippen LogP contribution in [0.15, 0.2) is 60.9 Å². The molecular weight excluding hydrogens is 353 g/mol. The second-order valence-corrected chi connectivity index (χ2v) is 7.55. The molecule has 1 amide bonds. The highest BCUT2D eigenvalue weighted by Crippen LogP contribution is 2.14. The van der Waals surface area contributed by atoms with Crippen molar-refractivity contribution >= 4 is 5.91 Å². The molecule has 0 aliphatic rings. The Morgan fingerprint density at radius 1 is 1.18 bits per heavy atom. The van der Waals surface area contributed by atoms with Crippen LogP contribution in [0.2, 0.25) is 0 Å². The molecule has 0 saturated heterocycles. The Morgan fingerprint density at radius 3 is 2.61 bits per heavy atom. The lowest BCUT2D eigenvalue weighted by Crippen LogP contribution is -2.34. The number of nitrogens with zero attached hydrogens (tertiary/aromatic N) is 3. The van der Waals surface area contributed by atoms with Gasteiger partial charge in [-0.15, -0.1) is 0 Å². The Hall–Kier alpha value is -2.95. The maximum atomic E-state index is 13.2. The first-order chi connectivity index (χ1) is 13.4. The standard InChI is InChI=1S/C23H26FN3O/c1-17(2)14-27(23(28)20-7-9-21(24)10-8-20)16-22-25-11-12-26(22)15-19-6-4-5-18(3)13-19/h4-13,17H,14-16H2,1-3H3. The van der Waals surface area contributed by atoms with Gasteiger partial charge in [0.25, 0.3) is 5.91 Å². The van der Waals surface area contributed by atoms with Crippen LogP contribution in [0.3, 0.4) is 0 Å². The smallest absolute Gasteiger partial charge is 0.254 e. The van der Waals surface area contributed by atoms with E-state index in [0.29, 0.717) is 31.1 Å². The van der Waals surface area contributed by atoms with Gasteiger partial charge in [0.2, 0.25) is 0 Å². The Morgan fingerprint density at radius 2 is 1.93 bits per heavy atom. The predicted octanol–water partition coefficient (Wildman–Crippen LogP) is 4.68. The molecule has 0 spiro atoms. The van der Waals surface area contributed by atoms with Crippen molar-refractivity contribution in [3.8, 4) is 0 Å². The van der Waals surface area contributed by atoms with Crippen LogP contribution in [0.25, 0.3) is 0 Å². The number of imidazole rings is 1. The minimum absolute atomic E-state index is 0.112. The van der Waals surface area contributed by atoms with E-state index in [-0.39, 0.29) is 11.7 Å². The van der Waals surface area contributed by atoms with Crippen molar-refractivity contribution in [3.63, 3.8) is 0 Å². The number of aryl methyl sites for hydroxylation is 1. The molecular formula is C23H26FN3O. The number of hydrogen-bond donors (Lipinski definition) is 0. The highest BCUT2D eigenvalue weighted by Gasteiger charge is 2.19. The monoisotopic (exact) mass is 379 g/mol. The van der Waals surface area contributed by atoms with Crippen LogP contribution >= 0.6 is 0 Å². The largest absolute Gasteiger partial charge is 0.331 e. The van der Waals surface area contributed by atoms with Crippen molar-refractivity contribution in [2.75, 3.05) is 6.54 Å². The van der Waals surface area contributed by atoms with E-state index in [9.17, 15) is 9.18 Å². The minimum Gasteiger partial charge on any atom is -0.331 e. The average molecular weight is 379 g/mol. The average Bonchev–Trinajstić information content (AvgIpc) is 3.07. The molecule has 0 saturated carbocycles. The van der Waals surface area contributed by atoms with E-state index in [0.717, 1.165) is 5.82 Å². The van der Waals surface area contributed by atoms with E-state index in [1.807, 2.05) is 12.3 Å². The second kappa shape index (κ2) is 8.83. The number of carbonyl (C=O) groups is 1. The van der Waals surface area contributed by atoms with E-state index >= 15 is 0 Å². The molecule has 146 valence electrons. The van der Waals surface area contributed by atoms with Gasteiger partial charge in [0.1, 0.15) is 11.6 Å². The molecule has 0 aliphatic heterocycles. The number of carbonyl (C=O) groups excluding carboxylic acids is 1. The summed E-state index contributed by atoms with van der Waals surface area (Å²) in [5, 5.41) is 0. The van der Waals surface area contributed by atoms with E-state index in [2.05, 4.69) is 48.5 Å². The minimum atomic E-state index is -0.347. The third kappa shape index (κ3) is 5.06. The Kier molecular flexibility index (Phi) is 6.24.